The van der Waals surface area contributed by atoms with E-state index in [0.29, 0.717) is 11.5 Å². The number of piperidine rings is 1. The van der Waals surface area contributed by atoms with E-state index < -0.39 is 0 Å². The van der Waals surface area contributed by atoms with Crippen LogP contribution in [0.5, 0.6) is 0 Å². The van der Waals surface area contributed by atoms with E-state index in [0.717, 1.165) is 18.2 Å². The zero-order chi connectivity index (χ0) is 11.3. The molecule has 4 heteroatoms. The predicted octanol–water partition coefficient (Wildman–Crippen LogP) is -0.463. The highest BCUT2D eigenvalue weighted by molar-refractivity contribution is 8.13. The molecule has 0 aliphatic carbocycles. The van der Waals surface area contributed by atoms with Gasteiger partial charge in [-0.15, -0.1) is 0 Å². The van der Waals surface area contributed by atoms with Crippen LogP contribution in [0.25, 0.3) is 0 Å². The molecule has 2 atom stereocenters. The molecule has 0 amide bonds. The van der Waals surface area contributed by atoms with E-state index in [4.69, 9.17) is 0 Å². The maximum absolute atomic E-state index is 11.2. The van der Waals surface area contributed by atoms with Crippen LogP contribution < -0.4 is 24.0 Å². The Balaban J connectivity index is 0.00000225. The number of hydrogen-bond donors (Lipinski definition) is 0. The highest BCUT2D eigenvalue weighted by atomic mass is 127. The molecule has 1 heterocycles. The van der Waals surface area contributed by atoms with E-state index in [1.807, 2.05) is 6.92 Å². The molecule has 0 aromatic carbocycles. The van der Waals surface area contributed by atoms with E-state index in [1.54, 1.807) is 0 Å². The summed E-state index contributed by atoms with van der Waals surface area (Å²) in [4.78, 5) is 11.2. The van der Waals surface area contributed by atoms with Crippen LogP contribution in [-0.4, -0.2) is 42.0 Å². The Kier molecular flexibility index (Phi) is 8.28. The molecular weight excluding hydrogens is 333 g/mol. The van der Waals surface area contributed by atoms with Gasteiger partial charge in [0.2, 0.25) is 0 Å². The molecule has 0 saturated carbocycles. The summed E-state index contributed by atoms with van der Waals surface area (Å²) in [5, 5.41) is 0.339. The summed E-state index contributed by atoms with van der Waals surface area (Å²) >= 11 is 1.52. The Bertz CT molecular complexity index is 225. The number of carbonyl (C=O) groups excluding carboxylic acids is 1. The first-order valence-electron chi connectivity index (χ1n) is 6.05. The zero-order valence-corrected chi connectivity index (χ0v) is 13.6. The van der Waals surface area contributed by atoms with E-state index in [1.165, 1.54) is 42.2 Å². The Morgan fingerprint density at radius 2 is 2.19 bits per heavy atom. The van der Waals surface area contributed by atoms with Crippen LogP contribution in [0.1, 0.15) is 33.1 Å². The van der Waals surface area contributed by atoms with Gasteiger partial charge >= 0.3 is 0 Å². The molecule has 0 radical (unpaired) electrons. The predicted molar refractivity (Wildman–Crippen MR) is 66.9 cm³/mol. The van der Waals surface area contributed by atoms with Gasteiger partial charge in [-0.2, -0.15) is 0 Å². The first-order chi connectivity index (χ1) is 7.06. The molecule has 96 valence electrons. The minimum atomic E-state index is 0. The second-order valence-corrected chi connectivity index (χ2v) is 6.22. The van der Waals surface area contributed by atoms with Gasteiger partial charge in [-0.05, 0) is 12.8 Å². The van der Waals surface area contributed by atoms with Crippen molar-refractivity contribution in [3.63, 3.8) is 0 Å². The van der Waals surface area contributed by atoms with Gasteiger partial charge in [0.1, 0.15) is 0 Å². The van der Waals surface area contributed by atoms with Crippen molar-refractivity contribution in [1.29, 1.82) is 0 Å². The first-order valence-corrected chi connectivity index (χ1v) is 7.03. The van der Waals surface area contributed by atoms with Gasteiger partial charge in [0, 0.05) is 12.3 Å². The Morgan fingerprint density at radius 3 is 2.75 bits per heavy atom. The van der Waals surface area contributed by atoms with Gasteiger partial charge in [-0.3, -0.25) is 4.79 Å². The first kappa shape index (κ1) is 16.7. The summed E-state index contributed by atoms with van der Waals surface area (Å²) in [5.74, 6) is 1.85. The molecule has 2 unspecified atom stereocenters. The van der Waals surface area contributed by atoms with Crippen LogP contribution in [0, 0.1) is 5.92 Å². The van der Waals surface area contributed by atoms with E-state index in [9.17, 15) is 4.79 Å². The lowest BCUT2D eigenvalue weighted by molar-refractivity contribution is -0.915. The fourth-order valence-electron chi connectivity index (χ4n) is 2.44. The smallest absolute Gasteiger partial charge is 0.188 e. The van der Waals surface area contributed by atoms with Crippen molar-refractivity contribution in [1.82, 2.24) is 0 Å². The zero-order valence-electron chi connectivity index (χ0n) is 10.7. The lowest BCUT2D eigenvalue weighted by Gasteiger charge is -2.40. The van der Waals surface area contributed by atoms with Crippen molar-refractivity contribution in [2.45, 2.75) is 33.1 Å². The highest BCUT2D eigenvalue weighted by Gasteiger charge is 2.28. The molecular formula is C12H24INOS. The van der Waals surface area contributed by atoms with Gasteiger partial charge in [-0.25, -0.2) is 0 Å². The average molecular weight is 357 g/mol. The summed E-state index contributed by atoms with van der Waals surface area (Å²) in [6.07, 6.45) is 3.41. The fourth-order valence-corrected chi connectivity index (χ4v) is 3.41. The van der Waals surface area contributed by atoms with Gasteiger partial charge in [-0.1, -0.05) is 25.6 Å². The molecule has 0 aromatic rings. The average Bonchev–Trinajstić information content (AvgIpc) is 2.16. The molecule has 1 saturated heterocycles. The minimum Gasteiger partial charge on any atom is -1.00 e. The summed E-state index contributed by atoms with van der Waals surface area (Å²) in [5.41, 5.74) is 0. The molecule has 0 N–H and O–H groups in total. The maximum atomic E-state index is 11.2. The maximum Gasteiger partial charge on any atom is 0.188 e. The Morgan fingerprint density at radius 1 is 1.50 bits per heavy atom. The van der Waals surface area contributed by atoms with Gasteiger partial charge in [0.25, 0.3) is 0 Å². The monoisotopic (exact) mass is 357 g/mol. The molecule has 0 bridgehead atoms. The summed E-state index contributed by atoms with van der Waals surface area (Å²) < 4.78 is 1.17. The third kappa shape index (κ3) is 5.87. The number of quaternary nitrogens is 1. The number of carbonyl (C=O) groups is 1. The van der Waals surface area contributed by atoms with Crippen LogP contribution in [0.3, 0.4) is 0 Å². The number of thioether (sulfide) groups is 1. The van der Waals surface area contributed by atoms with Crippen molar-refractivity contribution in [3.8, 4) is 0 Å². The number of hydrogen-bond acceptors (Lipinski definition) is 2. The number of halogens is 1. The molecule has 2 nitrogen and oxygen atoms in total. The highest BCUT2D eigenvalue weighted by Crippen LogP contribution is 2.22. The van der Waals surface area contributed by atoms with Gasteiger partial charge in [0.05, 0.1) is 32.4 Å². The largest absolute Gasteiger partial charge is 1.00 e. The second kappa shape index (κ2) is 7.93. The van der Waals surface area contributed by atoms with Crippen LogP contribution >= 0.6 is 11.8 Å². The summed E-state index contributed by atoms with van der Waals surface area (Å²) in [6, 6.07) is 0. The van der Waals surface area contributed by atoms with Crippen molar-refractivity contribution in [2.24, 2.45) is 5.92 Å². The quantitative estimate of drug-likeness (QED) is 0.500. The number of nitrogens with zero attached hydrogens (tertiary/aromatic N) is 1. The van der Waals surface area contributed by atoms with Crippen LogP contribution in [0.4, 0.5) is 0 Å². The normalized spacial score (nSPS) is 29.6. The topological polar surface area (TPSA) is 17.1 Å². The molecule has 1 aliphatic heterocycles. The summed E-state index contributed by atoms with van der Waals surface area (Å²) in [7, 11) is 2.34. The van der Waals surface area contributed by atoms with Crippen LogP contribution in [-0.2, 0) is 4.79 Å². The number of likely N-dealkylation sites (tertiary alicyclic amines) is 1. The lowest BCUT2D eigenvalue weighted by atomic mass is 9.98. The van der Waals surface area contributed by atoms with Crippen molar-refractivity contribution in [2.75, 3.05) is 32.4 Å². The van der Waals surface area contributed by atoms with Crippen molar-refractivity contribution in [3.05, 3.63) is 0 Å². The Labute approximate surface area is 121 Å². The van der Waals surface area contributed by atoms with E-state index >= 15 is 0 Å². The lowest BCUT2D eigenvalue weighted by Crippen LogP contribution is -3.00. The van der Waals surface area contributed by atoms with Gasteiger partial charge < -0.3 is 28.5 Å². The van der Waals surface area contributed by atoms with Crippen molar-refractivity contribution >= 4 is 16.9 Å². The fraction of sp³-hybridized carbons (Fsp3) is 0.917. The SMILES string of the molecule is CCC(=O)SCC[N+]1(C)CCCC(C)C1.[I-]. The molecule has 1 rings (SSSR count). The molecule has 0 spiro atoms. The standard InChI is InChI=1S/C12H24NOS.HI/c1-4-12(14)15-9-8-13(3)7-5-6-11(2)10-13;/h11H,4-10H2,1-3H3;1H/q+1;/p-1. The summed E-state index contributed by atoms with van der Waals surface area (Å²) in [6.45, 7) is 8.03. The minimum absolute atomic E-state index is 0. The third-order valence-electron chi connectivity index (χ3n) is 3.33. The van der Waals surface area contributed by atoms with Gasteiger partial charge in [0.15, 0.2) is 5.12 Å². The molecule has 0 aromatic heterocycles. The molecule has 16 heavy (non-hydrogen) atoms. The van der Waals surface area contributed by atoms with Crippen molar-refractivity contribution < 1.29 is 33.3 Å². The van der Waals surface area contributed by atoms with E-state index in [2.05, 4.69) is 14.0 Å². The third-order valence-corrected chi connectivity index (χ3v) is 4.33. The van der Waals surface area contributed by atoms with E-state index in [-0.39, 0.29) is 24.0 Å². The molecule has 1 fully saturated rings. The molecule has 1 aliphatic rings. The number of rotatable bonds is 4. The second-order valence-electron chi connectivity index (χ2n) is 5.07. The van der Waals surface area contributed by atoms with Crippen LogP contribution in [0.2, 0.25) is 0 Å². The Hall–Kier alpha value is 0.710. The van der Waals surface area contributed by atoms with Crippen LogP contribution in [0.15, 0.2) is 0 Å².